The topological polar surface area (TPSA) is 89.4 Å². The van der Waals surface area contributed by atoms with Gasteiger partial charge in [0, 0.05) is 18.7 Å². The SMILES string of the molecule is NC(=O)C1CCCN(C(=O)c2ccc(Cl)c(N)c2)C1. The molecule has 19 heavy (non-hydrogen) atoms. The summed E-state index contributed by atoms with van der Waals surface area (Å²) in [5, 5.41) is 0.421. The Labute approximate surface area is 116 Å². The van der Waals surface area contributed by atoms with E-state index in [9.17, 15) is 9.59 Å². The van der Waals surface area contributed by atoms with Crippen molar-refractivity contribution in [2.24, 2.45) is 11.7 Å². The van der Waals surface area contributed by atoms with Gasteiger partial charge in [-0.15, -0.1) is 0 Å². The number of primary amides is 1. The number of anilines is 1. The highest BCUT2D eigenvalue weighted by atomic mass is 35.5. The number of hydrogen-bond donors (Lipinski definition) is 2. The Bertz CT molecular complexity index is 519. The molecule has 1 saturated heterocycles. The molecule has 5 nitrogen and oxygen atoms in total. The Morgan fingerprint density at radius 1 is 1.37 bits per heavy atom. The van der Waals surface area contributed by atoms with Crippen LogP contribution in [0.15, 0.2) is 18.2 Å². The van der Waals surface area contributed by atoms with E-state index in [1.165, 1.54) is 0 Å². The number of rotatable bonds is 2. The molecular weight excluding hydrogens is 266 g/mol. The van der Waals surface area contributed by atoms with E-state index in [0.717, 1.165) is 12.8 Å². The molecule has 6 heteroatoms. The van der Waals surface area contributed by atoms with Gasteiger partial charge in [-0.25, -0.2) is 0 Å². The van der Waals surface area contributed by atoms with Gasteiger partial charge in [0.2, 0.25) is 5.91 Å². The Morgan fingerprint density at radius 3 is 2.74 bits per heavy atom. The molecule has 0 aromatic heterocycles. The van der Waals surface area contributed by atoms with Crippen LogP contribution >= 0.6 is 11.6 Å². The molecule has 1 unspecified atom stereocenters. The fourth-order valence-electron chi connectivity index (χ4n) is 2.25. The van der Waals surface area contributed by atoms with Crippen LogP contribution in [0.25, 0.3) is 0 Å². The van der Waals surface area contributed by atoms with Crippen LogP contribution in [0.2, 0.25) is 5.02 Å². The number of nitrogens with two attached hydrogens (primary N) is 2. The van der Waals surface area contributed by atoms with Crippen molar-refractivity contribution >= 4 is 29.1 Å². The first-order valence-electron chi connectivity index (χ1n) is 6.12. The number of halogens is 1. The highest BCUT2D eigenvalue weighted by molar-refractivity contribution is 6.33. The van der Waals surface area contributed by atoms with Gasteiger partial charge >= 0.3 is 0 Å². The molecule has 1 fully saturated rings. The maximum atomic E-state index is 12.3. The normalized spacial score (nSPS) is 19.2. The van der Waals surface area contributed by atoms with Crippen molar-refractivity contribution in [1.29, 1.82) is 0 Å². The standard InChI is InChI=1S/C13H16ClN3O2/c14-10-4-3-8(6-11(10)15)13(19)17-5-1-2-9(7-17)12(16)18/h3-4,6,9H,1-2,5,7,15H2,(H2,16,18). The summed E-state index contributed by atoms with van der Waals surface area (Å²) in [5.41, 5.74) is 11.8. The van der Waals surface area contributed by atoms with Crippen molar-refractivity contribution in [2.75, 3.05) is 18.8 Å². The molecule has 4 N–H and O–H groups in total. The van der Waals surface area contributed by atoms with E-state index >= 15 is 0 Å². The monoisotopic (exact) mass is 281 g/mol. The quantitative estimate of drug-likeness (QED) is 0.800. The molecule has 0 bridgehead atoms. The van der Waals surface area contributed by atoms with E-state index in [4.69, 9.17) is 23.1 Å². The summed E-state index contributed by atoms with van der Waals surface area (Å²) < 4.78 is 0. The number of carbonyl (C=O) groups excluding carboxylic acids is 2. The lowest BCUT2D eigenvalue weighted by Crippen LogP contribution is -2.44. The van der Waals surface area contributed by atoms with Gasteiger partial charge in [-0.3, -0.25) is 9.59 Å². The molecule has 1 aliphatic heterocycles. The van der Waals surface area contributed by atoms with Crippen molar-refractivity contribution < 1.29 is 9.59 Å². The van der Waals surface area contributed by atoms with Gasteiger partial charge < -0.3 is 16.4 Å². The summed E-state index contributed by atoms with van der Waals surface area (Å²) in [4.78, 5) is 25.2. The van der Waals surface area contributed by atoms with E-state index in [1.54, 1.807) is 23.1 Å². The number of nitrogens with zero attached hydrogens (tertiary/aromatic N) is 1. The maximum Gasteiger partial charge on any atom is 0.253 e. The molecule has 1 aliphatic rings. The minimum absolute atomic E-state index is 0.144. The van der Waals surface area contributed by atoms with Gasteiger partial charge in [-0.2, -0.15) is 0 Å². The third-order valence-electron chi connectivity index (χ3n) is 3.35. The van der Waals surface area contributed by atoms with Crippen molar-refractivity contribution in [3.05, 3.63) is 28.8 Å². The third-order valence-corrected chi connectivity index (χ3v) is 3.70. The van der Waals surface area contributed by atoms with Crippen molar-refractivity contribution in [3.8, 4) is 0 Å². The molecule has 2 amide bonds. The average Bonchev–Trinajstić information content (AvgIpc) is 2.41. The number of carbonyl (C=O) groups is 2. The zero-order valence-electron chi connectivity index (χ0n) is 10.4. The second-order valence-electron chi connectivity index (χ2n) is 4.73. The van der Waals surface area contributed by atoms with Crippen LogP contribution in [0.1, 0.15) is 23.2 Å². The highest BCUT2D eigenvalue weighted by Gasteiger charge is 2.27. The van der Waals surface area contributed by atoms with Crippen LogP contribution in [0.3, 0.4) is 0 Å². The van der Waals surface area contributed by atoms with Crippen LogP contribution in [0.4, 0.5) is 5.69 Å². The number of benzene rings is 1. The lowest BCUT2D eigenvalue weighted by molar-refractivity contribution is -0.123. The zero-order chi connectivity index (χ0) is 14.0. The second-order valence-corrected chi connectivity index (χ2v) is 5.14. The highest BCUT2D eigenvalue weighted by Crippen LogP contribution is 2.22. The maximum absolute atomic E-state index is 12.3. The number of nitrogen functional groups attached to an aromatic ring is 1. The predicted molar refractivity (Wildman–Crippen MR) is 73.7 cm³/mol. The molecule has 1 heterocycles. The molecular formula is C13H16ClN3O2. The van der Waals surface area contributed by atoms with Crippen molar-refractivity contribution in [3.63, 3.8) is 0 Å². The van der Waals surface area contributed by atoms with E-state index in [-0.39, 0.29) is 17.7 Å². The fourth-order valence-corrected chi connectivity index (χ4v) is 2.37. The van der Waals surface area contributed by atoms with Crippen LogP contribution < -0.4 is 11.5 Å². The minimum atomic E-state index is -0.354. The number of likely N-dealkylation sites (tertiary alicyclic amines) is 1. The average molecular weight is 282 g/mol. The van der Waals surface area contributed by atoms with Gasteiger partial charge in [0.1, 0.15) is 0 Å². The molecule has 2 rings (SSSR count). The summed E-state index contributed by atoms with van der Waals surface area (Å²) >= 11 is 5.82. The summed E-state index contributed by atoms with van der Waals surface area (Å²) in [6.45, 7) is 1.00. The van der Waals surface area contributed by atoms with Gasteiger partial charge in [0.05, 0.1) is 16.6 Å². The third kappa shape index (κ3) is 2.98. The van der Waals surface area contributed by atoms with Crippen LogP contribution in [-0.2, 0) is 4.79 Å². The van der Waals surface area contributed by atoms with E-state index in [2.05, 4.69) is 0 Å². The smallest absolute Gasteiger partial charge is 0.253 e. The van der Waals surface area contributed by atoms with E-state index in [1.807, 2.05) is 0 Å². The van der Waals surface area contributed by atoms with Crippen molar-refractivity contribution in [2.45, 2.75) is 12.8 Å². The van der Waals surface area contributed by atoms with Gasteiger partial charge in [-0.1, -0.05) is 11.6 Å². The summed E-state index contributed by atoms with van der Waals surface area (Å²) in [6, 6.07) is 4.78. The largest absolute Gasteiger partial charge is 0.398 e. The second kappa shape index (κ2) is 5.48. The fraction of sp³-hybridized carbons (Fsp3) is 0.385. The molecule has 0 saturated carbocycles. The Balaban J connectivity index is 2.14. The number of hydrogen-bond acceptors (Lipinski definition) is 3. The summed E-state index contributed by atoms with van der Waals surface area (Å²) in [5.74, 6) is -0.759. The molecule has 0 aliphatic carbocycles. The molecule has 0 spiro atoms. The predicted octanol–water partition coefficient (Wildman–Crippen LogP) is 1.26. The van der Waals surface area contributed by atoms with Gasteiger partial charge in [0.25, 0.3) is 5.91 Å². The van der Waals surface area contributed by atoms with Gasteiger partial charge in [-0.05, 0) is 31.0 Å². The van der Waals surface area contributed by atoms with E-state index in [0.29, 0.717) is 29.4 Å². The Morgan fingerprint density at radius 2 is 2.11 bits per heavy atom. The summed E-state index contributed by atoms with van der Waals surface area (Å²) in [7, 11) is 0. The number of piperidine rings is 1. The minimum Gasteiger partial charge on any atom is -0.398 e. The molecule has 1 aromatic carbocycles. The lowest BCUT2D eigenvalue weighted by Gasteiger charge is -2.31. The van der Waals surface area contributed by atoms with E-state index < -0.39 is 0 Å². The van der Waals surface area contributed by atoms with Crippen molar-refractivity contribution in [1.82, 2.24) is 4.90 Å². The Kier molecular flexibility index (Phi) is 3.95. The summed E-state index contributed by atoms with van der Waals surface area (Å²) in [6.07, 6.45) is 1.52. The van der Waals surface area contributed by atoms with Crippen LogP contribution in [0, 0.1) is 5.92 Å². The first-order chi connectivity index (χ1) is 8.99. The molecule has 1 aromatic rings. The van der Waals surface area contributed by atoms with Crippen LogP contribution in [-0.4, -0.2) is 29.8 Å². The Hall–Kier alpha value is -1.75. The van der Waals surface area contributed by atoms with Gasteiger partial charge in [0.15, 0.2) is 0 Å². The molecule has 1 atom stereocenters. The number of amides is 2. The van der Waals surface area contributed by atoms with Crippen LogP contribution in [0.5, 0.6) is 0 Å². The first-order valence-corrected chi connectivity index (χ1v) is 6.50. The molecule has 0 radical (unpaired) electrons. The molecule has 102 valence electrons. The lowest BCUT2D eigenvalue weighted by atomic mass is 9.97. The first kappa shape index (κ1) is 13.7. The zero-order valence-corrected chi connectivity index (χ0v) is 11.2.